The Morgan fingerprint density at radius 3 is 2.52 bits per heavy atom. The molecule has 5 heteroatoms. The minimum absolute atomic E-state index is 0.0987. The van der Waals surface area contributed by atoms with E-state index in [0.29, 0.717) is 12.2 Å². The number of cyclic esters (lactones) is 1. The molecule has 0 saturated heterocycles. The van der Waals surface area contributed by atoms with Gasteiger partial charge in [0.1, 0.15) is 11.6 Å². The summed E-state index contributed by atoms with van der Waals surface area (Å²) in [5.74, 6) is -0.128. The van der Waals surface area contributed by atoms with Gasteiger partial charge in [-0.3, -0.25) is 0 Å². The molecule has 1 aliphatic rings. The van der Waals surface area contributed by atoms with E-state index >= 15 is 0 Å². The first-order valence-electron chi connectivity index (χ1n) is 9.23. The van der Waals surface area contributed by atoms with E-state index in [-0.39, 0.29) is 11.6 Å². The zero-order valence-corrected chi connectivity index (χ0v) is 15.5. The molecule has 4 rings (SSSR count). The highest BCUT2D eigenvalue weighted by Crippen LogP contribution is 2.21. The first-order valence-corrected chi connectivity index (χ1v) is 9.23. The fraction of sp³-hybridized carbons (Fsp3) is 0.0833. The standard InChI is InChI=1S/C24H18FNO3/c25-20-8-4-7-19(16-20)23-26-22(24(27)29-23)15-18-9-11-21(12-10-18)28-14-13-17-5-2-1-3-6-17/h1-12,15-16H,13-14H2/b22-15-. The minimum atomic E-state index is -0.563. The molecule has 0 amide bonds. The predicted molar refractivity (Wildman–Crippen MR) is 109 cm³/mol. The lowest BCUT2D eigenvalue weighted by Gasteiger charge is -2.06. The number of nitrogens with zero attached hydrogens (tertiary/aromatic N) is 1. The van der Waals surface area contributed by atoms with Crippen molar-refractivity contribution in [1.82, 2.24) is 0 Å². The van der Waals surface area contributed by atoms with Crippen LogP contribution in [0.1, 0.15) is 16.7 Å². The third-order valence-corrected chi connectivity index (χ3v) is 4.38. The molecule has 0 saturated carbocycles. The molecule has 0 fully saturated rings. The molecule has 29 heavy (non-hydrogen) atoms. The van der Waals surface area contributed by atoms with Crippen LogP contribution in [0.3, 0.4) is 0 Å². The van der Waals surface area contributed by atoms with E-state index in [4.69, 9.17) is 9.47 Å². The van der Waals surface area contributed by atoms with Gasteiger partial charge in [-0.2, -0.15) is 0 Å². The first-order chi connectivity index (χ1) is 14.2. The van der Waals surface area contributed by atoms with Crippen LogP contribution in [-0.4, -0.2) is 18.5 Å². The fourth-order valence-corrected chi connectivity index (χ4v) is 2.90. The second-order valence-electron chi connectivity index (χ2n) is 6.50. The smallest absolute Gasteiger partial charge is 0.363 e. The lowest BCUT2D eigenvalue weighted by molar-refractivity contribution is -0.129. The molecule has 0 spiro atoms. The van der Waals surface area contributed by atoms with E-state index in [1.54, 1.807) is 18.2 Å². The van der Waals surface area contributed by atoms with Crippen molar-refractivity contribution in [2.24, 2.45) is 4.99 Å². The summed E-state index contributed by atoms with van der Waals surface area (Å²) >= 11 is 0. The molecule has 4 nitrogen and oxygen atoms in total. The van der Waals surface area contributed by atoms with Crippen LogP contribution in [0.25, 0.3) is 6.08 Å². The zero-order valence-electron chi connectivity index (χ0n) is 15.5. The molecule has 3 aromatic carbocycles. The van der Waals surface area contributed by atoms with Crippen molar-refractivity contribution in [3.63, 3.8) is 0 Å². The van der Waals surface area contributed by atoms with E-state index in [0.717, 1.165) is 17.7 Å². The maximum atomic E-state index is 13.4. The number of aliphatic imine (C=N–C) groups is 1. The quantitative estimate of drug-likeness (QED) is 0.451. The minimum Gasteiger partial charge on any atom is -0.493 e. The van der Waals surface area contributed by atoms with Crippen molar-refractivity contribution in [3.8, 4) is 5.75 Å². The molecule has 0 aliphatic carbocycles. The number of halogens is 1. The summed E-state index contributed by atoms with van der Waals surface area (Å²) in [6, 6.07) is 23.3. The molecule has 0 atom stereocenters. The van der Waals surface area contributed by atoms with Gasteiger partial charge in [0.05, 0.1) is 6.61 Å². The Labute approximate surface area is 167 Å². The van der Waals surface area contributed by atoms with Crippen molar-refractivity contribution in [2.75, 3.05) is 6.61 Å². The van der Waals surface area contributed by atoms with Gasteiger partial charge in [0, 0.05) is 12.0 Å². The van der Waals surface area contributed by atoms with Gasteiger partial charge >= 0.3 is 5.97 Å². The Morgan fingerprint density at radius 2 is 1.76 bits per heavy atom. The fourth-order valence-electron chi connectivity index (χ4n) is 2.90. The normalized spacial score (nSPS) is 14.6. The van der Waals surface area contributed by atoms with Crippen LogP contribution in [0.4, 0.5) is 4.39 Å². The van der Waals surface area contributed by atoms with Crippen molar-refractivity contribution in [1.29, 1.82) is 0 Å². The number of carbonyl (C=O) groups excluding carboxylic acids is 1. The number of benzene rings is 3. The van der Waals surface area contributed by atoms with Gasteiger partial charge < -0.3 is 9.47 Å². The monoisotopic (exact) mass is 387 g/mol. The Balaban J connectivity index is 1.41. The van der Waals surface area contributed by atoms with Crippen LogP contribution in [-0.2, 0) is 16.0 Å². The highest BCUT2D eigenvalue weighted by molar-refractivity contribution is 6.12. The molecule has 144 valence electrons. The maximum Gasteiger partial charge on any atom is 0.363 e. The van der Waals surface area contributed by atoms with Crippen LogP contribution in [0.2, 0.25) is 0 Å². The summed E-state index contributed by atoms with van der Waals surface area (Å²) in [6.07, 6.45) is 2.46. The van der Waals surface area contributed by atoms with Crippen molar-refractivity contribution in [3.05, 3.63) is 107 Å². The van der Waals surface area contributed by atoms with Gasteiger partial charge in [-0.15, -0.1) is 0 Å². The average Bonchev–Trinajstić information content (AvgIpc) is 3.10. The van der Waals surface area contributed by atoms with Gasteiger partial charge in [-0.25, -0.2) is 14.2 Å². The van der Waals surface area contributed by atoms with Gasteiger partial charge in [-0.1, -0.05) is 48.5 Å². The van der Waals surface area contributed by atoms with Gasteiger partial charge in [0.2, 0.25) is 5.90 Å². The predicted octanol–water partition coefficient (Wildman–Crippen LogP) is 4.79. The van der Waals surface area contributed by atoms with E-state index in [9.17, 15) is 9.18 Å². The number of carbonyl (C=O) groups is 1. The molecular formula is C24H18FNO3. The van der Waals surface area contributed by atoms with Crippen LogP contribution < -0.4 is 4.74 Å². The Bertz CT molecular complexity index is 1070. The summed E-state index contributed by atoms with van der Waals surface area (Å²) in [5.41, 5.74) is 2.60. The van der Waals surface area contributed by atoms with E-state index < -0.39 is 11.8 Å². The van der Waals surface area contributed by atoms with Crippen LogP contribution in [0.5, 0.6) is 5.75 Å². The second-order valence-corrected chi connectivity index (χ2v) is 6.50. The lowest BCUT2D eigenvalue weighted by atomic mass is 10.1. The van der Waals surface area contributed by atoms with Crippen LogP contribution in [0.15, 0.2) is 89.6 Å². The summed E-state index contributed by atoms with van der Waals surface area (Å²) in [4.78, 5) is 16.3. The molecule has 1 aliphatic heterocycles. The zero-order chi connectivity index (χ0) is 20.1. The third-order valence-electron chi connectivity index (χ3n) is 4.38. The molecule has 0 radical (unpaired) electrons. The first kappa shape index (κ1) is 18.6. The van der Waals surface area contributed by atoms with Gasteiger partial charge in [0.25, 0.3) is 0 Å². The molecule has 0 bridgehead atoms. The molecule has 3 aromatic rings. The molecule has 0 aromatic heterocycles. The number of esters is 1. The summed E-state index contributed by atoms with van der Waals surface area (Å²) < 4.78 is 24.3. The molecule has 0 N–H and O–H groups in total. The van der Waals surface area contributed by atoms with Crippen molar-refractivity contribution >= 4 is 17.9 Å². The summed E-state index contributed by atoms with van der Waals surface area (Å²) in [5, 5.41) is 0. The SMILES string of the molecule is O=C1OC(c2cccc(F)c2)=N/C1=C\c1ccc(OCCc2ccccc2)cc1. The number of ether oxygens (including phenoxy) is 2. The topological polar surface area (TPSA) is 47.9 Å². The Kier molecular flexibility index (Phi) is 5.47. The summed E-state index contributed by atoms with van der Waals surface area (Å²) in [7, 11) is 0. The Morgan fingerprint density at radius 1 is 0.966 bits per heavy atom. The van der Waals surface area contributed by atoms with E-state index in [1.807, 2.05) is 42.5 Å². The molecule has 0 unspecified atom stereocenters. The number of hydrogen-bond donors (Lipinski definition) is 0. The van der Waals surface area contributed by atoms with Crippen LogP contribution >= 0.6 is 0 Å². The third kappa shape index (κ3) is 4.76. The average molecular weight is 387 g/mol. The van der Waals surface area contributed by atoms with E-state index in [2.05, 4.69) is 17.1 Å². The van der Waals surface area contributed by atoms with Crippen molar-refractivity contribution in [2.45, 2.75) is 6.42 Å². The highest BCUT2D eigenvalue weighted by Gasteiger charge is 2.24. The number of rotatable bonds is 6. The molecule has 1 heterocycles. The molecular weight excluding hydrogens is 369 g/mol. The largest absolute Gasteiger partial charge is 0.493 e. The second kappa shape index (κ2) is 8.52. The van der Waals surface area contributed by atoms with Gasteiger partial charge in [0.15, 0.2) is 5.70 Å². The number of hydrogen-bond acceptors (Lipinski definition) is 4. The maximum absolute atomic E-state index is 13.4. The Hall–Kier alpha value is -3.73. The van der Waals surface area contributed by atoms with E-state index in [1.165, 1.54) is 17.7 Å². The van der Waals surface area contributed by atoms with Crippen molar-refractivity contribution < 1.29 is 18.7 Å². The lowest BCUT2D eigenvalue weighted by Crippen LogP contribution is -2.05. The van der Waals surface area contributed by atoms with Crippen LogP contribution in [0, 0.1) is 5.82 Å². The summed E-state index contributed by atoms with van der Waals surface area (Å²) in [6.45, 7) is 0.581. The highest BCUT2D eigenvalue weighted by atomic mass is 19.1. The van der Waals surface area contributed by atoms with Gasteiger partial charge in [-0.05, 0) is 47.5 Å².